The van der Waals surface area contributed by atoms with Gasteiger partial charge in [0.15, 0.2) is 0 Å². The molecule has 2 aromatic carbocycles. The third-order valence-electron chi connectivity index (χ3n) is 3.40. The minimum atomic E-state index is 0.564. The number of aromatic nitrogens is 1. The van der Waals surface area contributed by atoms with Gasteiger partial charge < -0.3 is 4.74 Å². The SMILES string of the molecule is C1=Cc2cc3c(ccc4ccccc43)nc2CO1. The second-order valence-electron chi connectivity index (χ2n) is 4.49. The van der Waals surface area contributed by atoms with Gasteiger partial charge in [0.1, 0.15) is 6.61 Å². The van der Waals surface area contributed by atoms with Crippen molar-refractivity contribution in [3.05, 3.63) is 60.0 Å². The molecule has 0 spiro atoms. The van der Waals surface area contributed by atoms with Crippen LogP contribution in [0.4, 0.5) is 0 Å². The topological polar surface area (TPSA) is 22.1 Å². The molecule has 0 amide bonds. The molecule has 2 heteroatoms. The predicted octanol–water partition coefficient (Wildman–Crippen LogP) is 3.89. The van der Waals surface area contributed by atoms with E-state index in [0.29, 0.717) is 6.61 Å². The minimum Gasteiger partial charge on any atom is -0.495 e. The molecule has 0 aliphatic carbocycles. The fourth-order valence-electron chi connectivity index (χ4n) is 2.49. The van der Waals surface area contributed by atoms with Crippen molar-refractivity contribution >= 4 is 27.8 Å². The molecule has 1 aliphatic rings. The molecule has 0 fully saturated rings. The molecular weight excluding hydrogens is 222 g/mol. The average molecular weight is 233 g/mol. The fourth-order valence-corrected chi connectivity index (χ4v) is 2.49. The second-order valence-corrected chi connectivity index (χ2v) is 4.49. The van der Waals surface area contributed by atoms with Crippen molar-refractivity contribution in [3.8, 4) is 0 Å². The largest absolute Gasteiger partial charge is 0.495 e. The van der Waals surface area contributed by atoms with Crippen molar-refractivity contribution in [1.29, 1.82) is 0 Å². The van der Waals surface area contributed by atoms with Gasteiger partial charge >= 0.3 is 0 Å². The Balaban J connectivity index is 2.16. The standard InChI is InChI=1S/C16H11NO/c1-2-4-13-11(3-1)5-6-15-14(13)9-12-7-8-18-10-16(12)17-15/h1-9H,10H2. The first-order chi connectivity index (χ1) is 8.92. The van der Waals surface area contributed by atoms with E-state index in [1.54, 1.807) is 6.26 Å². The maximum Gasteiger partial charge on any atom is 0.130 e. The van der Waals surface area contributed by atoms with Gasteiger partial charge in [0.2, 0.25) is 0 Å². The van der Waals surface area contributed by atoms with Gasteiger partial charge in [-0.15, -0.1) is 0 Å². The summed E-state index contributed by atoms with van der Waals surface area (Å²) in [5.41, 5.74) is 3.21. The molecular formula is C16H11NO. The summed E-state index contributed by atoms with van der Waals surface area (Å²) in [4.78, 5) is 4.69. The maximum absolute atomic E-state index is 5.29. The summed E-state index contributed by atoms with van der Waals surface area (Å²) in [7, 11) is 0. The molecule has 0 radical (unpaired) electrons. The van der Waals surface area contributed by atoms with Crippen LogP contribution < -0.4 is 0 Å². The van der Waals surface area contributed by atoms with Crippen molar-refractivity contribution < 1.29 is 4.74 Å². The first-order valence-corrected chi connectivity index (χ1v) is 6.01. The van der Waals surface area contributed by atoms with Gasteiger partial charge in [-0.1, -0.05) is 30.3 Å². The third kappa shape index (κ3) is 1.32. The van der Waals surface area contributed by atoms with Gasteiger partial charge in [-0.2, -0.15) is 0 Å². The smallest absolute Gasteiger partial charge is 0.130 e. The fraction of sp³-hybridized carbons (Fsp3) is 0.0625. The molecule has 0 unspecified atom stereocenters. The molecule has 1 aromatic heterocycles. The van der Waals surface area contributed by atoms with Gasteiger partial charge in [-0.3, -0.25) is 0 Å². The molecule has 3 aromatic rings. The van der Waals surface area contributed by atoms with Gasteiger partial charge in [0, 0.05) is 10.9 Å². The van der Waals surface area contributed by atoms with Crippen LogP contribution in [0.5, 0.6) is 0 Å². The number of hydrogen-bond donors (Lipinski definition) is 0. The zero-order chi connectivity index (χ0) is 11.9. The Hall–Kier alpha value is -2.35. The van der Waals surface area contributed by atoms with Gasteiger partial charge in [-0.05, 0) is 29.0 Å². The number of hydrogen-bond acceptors (Lipinski definition) is 2. The number of nitrogens with zero attached hydrogens (tertiary/aromatic N) is 1. The minimum absolute atomic E-state index is 0.564. The van der Waals surface area contributed by atoms with Crippen LogP contribution in [0.3, 0.4) is 0 Å². The lowest BCUT2D eigenvalue weighted by molar-refractivity contribution is 0.230. The van der Waals surface area contributed by atoms with E-state index in [1.165, 1.54) is 16.2 Å². The van der Waals surface area contributed by atoms with E-state index in [-0.39, 0.29) is 0 Å². The Kier molecular flexibility index (Phi) is 1.92. The lowest BCUT2D eigenvalue weighted by Crippen LogP contribution is -2.00. The molecule has 4 rings (SSSR count). The third-order valence-corrected chi connectivity index (χ3v) is 3.40. The van der Waals surface area contributed by atoms with Crippen LogP contribution in [0.25, 0.3) is 27.8 Å². The van der Waals surface area contributed by atoms with Crippen LogP contribution >= 0.6 is 0 Å². The summed E-state index contributed by atoms with van der Waals surface area (Å²) in [6, 6.07) is 14.8. The zero-order valence-corrected chi connectivity index (χ0v) is 9.76. The van der Waals surface area contributed by atoms with Crippen LogP contribution in [0.2, 0.25) is 0 Å². The highest BCUT2D eigenvalue weighted by molar-refractivity contribution is 6.06. The Morgan fingerprint density at radius 2 is 1.94 bits per heavy atom. The zero-order valence-electron chi connectivity index (χ0n) is 9.76. The molecule has 0 N–H and O–H groups in total. The van der Waals surface area contributed by atoms with E-state index in [0.717, 1.165) is 16.8 Å². The Labute approximate surface area is 105 Å². The first-order valence-electron chi connectivity index (χ1n) is 6.01. The highest BCUT2D eigenvalue weighted by atomic mass is 16.5. The second kappa shape index (κ2) is 3.57. The van der Waals surface area contributed by atoms with Crippen molar-refractivity contribution in [2.45, 2.75) is 6.61 Å². The van der Waals surface area contributed by atoms with Gasteiger partial charge in [-0.25, -0.2) is 4.98 Å². The normalized spacial score (nSPS) is 13.6. The summed E-state index contributed by atoms with van der Waals surface area (Å²) < 4.78 is 5.29. The highest BCUT2D eigenvalue weighted by Crippen LogP contribution is 2.27. The molecule has 0 saturated heterocycles. The average Bonchev–Trinajstić information content (AvgIpc) is 2.45. The molecule has 0 atom stereocenters. The Morgan fingerprint density at radius 3 is 2.94 bits per heavy atom. The molecule has 2 heterocycles. The van der Waals surface area contributed by atoms with Crippen LogP contribution in [0.15, 0.2) is 48.7 Å². The summed E-state index contributed by atoms with van der Waals surface area (Å²) in [5, 5.41) is 3.71. The summed E-state index contributed by atoms with van der Waals surface area (Å²) in [6.07, 6.45) is 3.72. The molecule has 2 nitrogen and oxygen atoms in total. The van der Waals surface area contributed by atoms with Crippen LogP contribution in [-0.4, -0.2) is 4.98 Å². The predicted molar refractivity (Wildman–Crippen MR) is 73.1 cm³/mol. The molecule has 0 saturated carbocycles. The van der Waals surface area contributed by atoms with E-state index in [1.807, 2.05) is 6.08 Å². The molecule has 86 valence electrons. The quantitative estimate of drug-likeness (QED) is 0.549. The lowest BCUT2D eigenvalue weighted by Gasteiger charge is -2.12. The number of pyridine rings is 1. The van der Waals surface area contributed by atoms with Gasteiger partial charge in [0.05, 0.1) is 17.5 Å². The lowest BCUT2D eigenvalue weighted by atomic mass is 10.0. The first kappa shape index (κ1) is 9.66. The van der Waals surface area contributed by atoms with E-state index < -0.39 is 0 Å². The number of rotatable bonds is 0. The number of fused-ring (bicyclic) bond motifs is 4. The van der Waals surface area contributed by atoms with Crippen molar-refractivity contribution in [2.75, 3.05) is 0 Å². The van der Waals surface area contributed by atoms with E-state index in [9.17, 15) is 0 Å². The Bertz CT molecular complexity index is 790. The summed E-state index contributed by atoms with van der Waals surface area (Å²) in [6.45, 7) is 0.564. The highest BCUT2D eigenvalue weighted by Gasteiger charge is 2.10. The number of ether oxygens (including phenoxy) is 1. The Morgan fingerprint density at radius 1 is 1.00 bits per heavy atom. The van der Waals surface area contributed by atoms with E-state index in [4.69, 9.17) is 4.74 Å². The van der Waals surface area contributed by atoms with Crippen LogP contribution in [0, 0.1) is 0 Å². The summed E-state index contributed by atoms with van der Waals surface area (Å²) >= 11 is 0. The monoisotopic (exact) mass is 233 g/mol. The van der Waals surface area contributed by atoms with Gasteiger partial charge in [0.25, 0.3) is 0 Å². The summed E-state index contributed by atoms with van der Waals surface area (Å²) in [5.74, 6) is 0. The number of benzene rings is 2. The molecule has 18 heavy (non-hydrogen) atoms. The van der Waals surface area contributed by atoms with Crippen molar-refractivity contribution in [1.82, 2.24) is 4.98 Å². The van der Waals surface area contributed by atoms with Crippen LogP contribution in [-0.2, 0) is 11.3 Å². The van der Waals surface area contributed by atoms with Crippen molar-refractivity contribution in [2.24, 2.45) is 0 Å². The van der Waals surface area contributed by atoms with Crippen molar-refractivity contribution in [3.63, 3.8) is 0 Å². The van der Waals surface area contributed by atoms with E-state index in [2.05, 4.69) is 47.4 Å². The maximum atomic E-state index is 5.29. The molecule has 1 aliphatic heterocycles. The molecule has 0 bridgehead atoms. The van der Waals surface area contributed by atoms with Crippen LogP contribution in [0.1, 0.15) is 11.3 Å². The van der Waals surface area contributed by atoms with E-state index >= 15 is 0 Å².